The fourth-order valence-electron chi connectivity index (χ4n) is 6.60. The summed E-state index contributed by atoms with van der Waals surface area (Å²) in [6, 6.07) is 14.0. The molecule has 5 rings (SSSR count). The number of likely N-dealkylation sites (tertiary alicyclic amines) is 1. The molecule has 3 amide bonds. The van der Waals surface area contributed by atoms with E-state index in [0.717, 1.165) is 36.8 Å². The number of nitrogens with one attached hydrogen (secondary N) is 1. The summed E-state index contributed by atoms with van der Waals surface area (Å²) >= 11 is 0. The predicted molar refractivity (Wildman–Crippen MR) is 166 cm³/mol. The number of carbonyl (C=O) groups is 3. The van der Waals surface area contributed by atoms with Gasteiger partial charge >= 0.3 is 12.2 Å². The molecule has 2 aliphatic heterocycles. The Bertz CT molecular complexity index is 1370. The van der Waals surface area contributed by atoms with Crippen molar-refractivity contribution in [2.24, 2.45) is 0 Å². The highest BCUT2D eigenvalue weighted by Gasteiger charge is 2.43. The molecular weight excluding hydrogens is 542 g/mol. The molecule has 3 aliphatic rings. The highest BCUT2D eigenvalue weighted by atomic mass is 16.6. The van der Waals surface area contributed by atoms with E-state index in [4.69, 9.17) is 9.47 Å². The van der Waals surface area contributed by atoms with Crippen molar-refractivity contribution in [1.29, 1.82) is 0 Å². The van der Waals surface area contributed by atoms with Gasteiger partial charge in [-0.1, -0.05) is 42.5 Å². The number of ether oxygens (including phenoxy) is 2. The first kappa shape index (κ1) is 30.9. The van der Waals surface area contributed by atoms with Gasteiger partial charge in [0.25, 0.3) is 0 Å². The van der Waals surface area contributed by atoms with Gasteiger partial charge in [0.15, 0.2) is 0 Å². The Hall–Kier alpha value is -3.55. The molecule has 1 N–H and O–H groups in total. The van der Waals surface area contributed by atoms with E-state index in [2.05, 4.69) is 35.6 Å². The van der Waals surface area contributed by atoms with Crippen LogP contribution in [-0.4, -0.2) is 57.7 Å². The quantitative estimate of drug-likeness (QED) is 0.433. The number of hydrogen-bond acceptors (Lipinski definition) is 5. The average Bonchev–Trinajstić information content (AvgIpc) is 3.37. The molecule has 0 spiro atoms. The zero-order valence-electron chi connectivity index (χ0n) is 26.7. The Morgan fingerprint density at radius 1 is 0.860 bits per heavy atom. The van der Waals surface area contributed by atoms with Crippen LogP contribution in [0.25, 0.3) is 0 Å². The number of rotatable bonds is 3. The number of hydrogen-bond donors (Lipinski definition) is 1. The lowest BCUT2D eigenvalue weighted by Crippen LogP contribution is -2.48. The zero-order valence-corrected chi connectivity index (χ0v) is 26.7. The summed E-state index contributed by atoms with van der Waals surface area (Å²) in [4.78, 5) is 43.6. The molecule has 0 bridgehead atoms. The largest absolute Gasteiger partial charge is 0.444 e. The molecule has 8 nitrogen and oxygen atoms in total. The predicted octanol–water partition coefficient (Wildman–Crippen LogP) is 6.66. The van der Waals surface area contributed by atoms with Crippen LogP contribution in [-0.2, 0) is 33.7 Å². The molecule has 1 aliphatic carbocycles. The molecule has 3 unspecified atom stereocenters. The van der Waals surface area contributed by atoms with Gasteiger partial charge in [-0.3, -0.25) is 9.69 Å². The van der Waals surface area contributed by atoms with Gasteiger partial charge in [-0.15, -0.1) is 0 Å². The summed E-state index contributed by atoms with van der Waals surface area (Å²) in [5.74, 6) is -0.181. The minimum atomic E-state index is -0.674. The van der Waals surface area contributed by atoms with Crippen LogP contribution in [0, 0.1) is 0 Å². The third-order valence-corrected chi connectivity index (χ3v) is 8.64. The van der Waals surface area contributed by atoms with Crippen LogP contribution >= 0.6 is 0 Å². The standard InChI is InChI=1S/C35H47N3O5/c1-22-17-24-15-16-25(18-26(24)20-37(22)32(40)42-34(2,3)4)27-19-30(38(21-27)33(41)43-35(5,6)7)31(39)36-29-14-10-12-23-11-8-9-13-28(23)29/h8-9,11,13,15-16,18,22,27,29-30H,10,12,14,17,19-21H2,1-7H3,(H,36,39)/t22?,27?,29?,30-/m1/s1. The summed E-state index contributed by atoms with van der Waals surface area (Å²) in [5, 5.41) is 3.28. The van der Waals surface area contributed by atoms with Crippen molar-refractivity contribution in [1.82, 2.24) is 15.1 Å². The number of fused-ring (bicyclic) bond motifs is 2. The lowest BCUT2D eigenvalue weighted by atomic mass is 9.87. The minimum absolute atomic E-state index is 0.0281. The van der Waals surface area contributed by atoms with Gasteiger partial charge < -0.3 is 19.7 Å². The summed E-state index contributed by atoms with van der Waals surface area (Å²) in [5.41, 5.74) is 4.55. The van der Waals surface area contributed by atoms with Crippen molar-refractivity contribution < 1.29 is 23.9 Å². The molecule has 0 radical (unpaired) electrons. The maximum atomic E-state index is 13.9. The van der Waals surface area contributed by atoms with E-state index >= 15 is 0 Å². The van der Waals surface area contributed by atoms with E-state index in [1.54, 1.807) is 9.80 Å². The molecule has 232 valence electrons. The zero-order chi connectivity index (χ0) is 31.1. The van der Waals surface area contributed by atoms with Crippen LogP contribution in [0.4, 0.5) is 9.59 Å². The molecule has 2 aromatic rings. The molecule has 0 aromatic heterocycles. The van der Waals surface area contributed by atoms with Gasteiger partial charge in [0.1, 0.15) is 17.2 Å². The topological polar surface area (TPSA) is 88.2 Å². The summed E-state index contributed by atoms with van der Waals surface area (Å²) in [6.07, 6.45) is 3.38. The van der Waals surface area contributed by atoms with Crippen molar-refractivity contribution in [3.8, 4) is 0 Å². The Balaban J connectivity index is 1.37. The van der Waals surface area contributed by atoms with Crippen molar-refractivity contribution >= 4 is 18.1 Å². The normalized spacial score (nSPS) is 23.7. The van der Waals surface area contributed by atoms with E-state index in [9.17, 15) is 14.4 Å². The second-order valence-electron chi connectivity index (χ2n) is 14.4. The number of benzene rings is 2. The van der Waals surface area contributed by atoms with E-state index in [1.807, 2.05) is 60.6 Å². The average molecular weight is 590 g/mol. The first-order valence-electron chi connectivity index (χ1n) is 15.7. The number of aryl methyl sites for hydroxylation is 1. The van der Waals surface area contributed by atoms with E-state index in [-0.39, 0.29) is 30.0 Å². The molecule has 1 fully saturated rings. The maximum absolute atomic E-state index is 13.9. The van der Waals surface area contributed by atoms with Crippen LogP contribution in [0.1, 0.15) is 108 Å². The molecule has 8 heteroatoms. The van der Waals surface area contributed by atoms with Gasteiger partial charge in [0.05, 0.1) is 6.04 Å². The van der Waals surface area contributed by atoms with Crippen molar-refractivity contribution in [3.63, 3.8) is 0 Å². The van der Waals surface area contributed by atoms with E-state index in [0.29, 0.717) is 19.5 Å². The Morgan fingerprint density at radius 2 is 1.53 bits per heavy atom. The first-order valence-corrected chi connectivity index (χ1v) is 15.7. The molecule has 0 saturated carbocycles. The van der Waals surface area contributed by atoms with Crippen LogP contribution in [0.15, 0.2) is 42.5 Å². The lowest BCUT2D eigenvalue weighted by molar-refractivity contribution is -0.126. The van der Waals surface area contributed by atoms with Crippen molar-refractivity contribution in [2.75, 3.05) is 6.54 Å². The molecule has 2 heterocycles. The smallest absolute Gasteiger partial charge is 0.410 e. The third kappa shape index (κ3) is 7.16. The molecule has 4 atom stereocenters. The fraction of sp³-hybridized carbons (Fsp3) is 0.571. The third-order valence-electron chi connectivity index (χ3n) is 8.64. The van der Waals surface area contributed by atoms with Crippen LogP contribution in [0.5, 0.6) is 0 Å². The van der Waals surface area contributed by atoms with E-state index < -0.39 is 23.3 Å². The number of amides is 3. The maximum Gasteiger partial charge on any atom is 0.410 e. The van der Waals surface area contributed by atoms with Gasteiger partial charge in [0.2, 0.25) is 5.91 Å². The summed E-state index contributed by atoms with van der Waals surface area (Å²) in [6.45, 7) is 14.1. The summed E-state index contributed by atoms with van der Waals surface area (Å²) in [7, 11) is 0. The number of carbonyl (C=O) groups excluding carboxylic acids is 3. The Kier molecular flexibility index (Phi) is 8.52. The monoisotopic (exact) mass is 589 g/mol. The Morgan fingerprint density at radius 3 is 2.23 bits per heavy atom. The molecule has 43 heavy (non-hydrogen) atoms. The Labute approximate surface area is 256 Å². The van der Waals surface area contributed by atoms with Gasteiger partial charge in [-0.05, 0) is 108 Å². The second kappa shape index (κ2) is 11.9. The van der Waals surface area contributed by atoms with Crippen LogP contribution in [0.2, 0.25) is 0 Å². The minimum Gasteiger partial charge on any atom is -0.444 e. The van der Waals surface area contributed by atoms with Crippen molar-refractivity contribution in [3.05, 3.63) is 70.3 Å². The van der Waals surface area contributed by atoms with Crippen LogP contribution < -0.4 is 5.32 Å². The van der Waals surface area contributed by atoms with Gasteiger partial charge in [-0.25, -0.2) is 9.59 Å². The molecule has 1 saturated heterocycles. The molecular formula is C35H47N3O5. The van der Waals surface area contributed by atoms with E-state index in [1.165, 1.54) is 16.7 Å². The van der Waals surface area contributed by atoms with Crippen molar-refractivity contribution in [2.45, 2.75) is 122 Å². The van der Waals surface area contributed by atoms with Gasteiger partial charge in [0, 0.05) is 25.0 Å². The lowest BCUT2D eigenvalue weighted by Gasteiger charge is -2.36. The highest BCUT2D eigenvalue weighted by molar-refractivity contribution is 5.87. The van der Waals surface area contributed by atoms with Crippen LogP contribution in [0.3, 0.4) is 0 Å². The molecule has 2 aromatic carbocycles. The highest BCUT2D eigenvalue weighted by Crippen LogP contribution is 2.37. The second-order valence-corrected chi connectivity index (χ2v) is 14.4. The number of nitrogens with zero attached hydrogens (tertiary/aromatic N) is 2. The fourth-order valence-corrected chi connectivity index (χ4v) is 6.60. The van der Waals surface area contributed by atoms with Gasteiger partial charge in [-0.2, -0.15) is 0 Å². The first-order chi connectivity index (χ1) is 20.2. The SMILES string of the molecule is CC1Cc2ccc(C3C[C@H](C(=O)NC4CCCc5ccccc54)N(C(=O)OC(C)(C)C)C3)cc2CN1C(=O)OC(C)(C)C. The summed E-state index contributed by atoms with van der Waals surface area (Å²) < 4.78 is 11.4.